The van der Waals surface area contributed by atoms with E-state index in [2.05, 4.69) is 0 Å². The lowest BCUT2D eigenvalue weighted by Crippen LogP contribution is -2.09. The van der Waals surface area contributed by atoms with Gasteiger partial charge in [-0.1, -0.05) is 23.8 Å². The molecule has 0 bridgehead atoms. The molecule has 0 unspecified atom stereocenters. The average Bonchev–Trinajstić information content (AvgIpc) is 2.64. The van der Waals surface area contributed by atoms with Gasteiger partial charge in [0, 0.05) is 6.42 Å². The van der Waals surface area contributed by atoms with E-state index in [1.807, 2.05) is 19.1 Å². The lowest BCUT2D eigenvalue weighted by atomic mass is 10.0. The first kappa shape index (κ1) is 18.2. The van der Waals surface area contributed by atoms with Crippen LogP contribution in [0.2, 0.25) is 0 Å². The van der Waals surface area contributed by atoms with Crippen molar-refractivity contribution < 1.29 is 19.1 Å². The number of ether oxygens (including phenoxy) is 2. The van der Waals surface area contributed by atoms with Gasteiger partial charge in [-0.2, -0.15) is 5.26 Å². The van der Waals surface area contributed by atoms with E-state index in [4.69, 9.17) is 14.7 Å². The van der Waals surface area contributed by atoms with Crippen LogP contribution in [-0.4, -0.2) is 18.9 Å². The maximum atomic E-state index is 12.3. The fraction of sp³-hybridized carbons (Fsp3) is 0.250. The van der Waals surface area contributed by atoms with Crippen LogP contribution >= 0.6 is 0 Å². The number of nitrogens with zero attached hydrogens (tertiary/aromatic N) is 1. The standard InChI is InChI=1S/C20H19NO4/c1-14-6-8-19(24-2)17(10-14)18(22)7-9-20(23)25-13-16-5-3-4-15(11-16)12-21/h3-6,8,10-11H,7,9,13H2,1-2H3. The number of ketones is 1. The second-order valence-electron chi connectivity index (χ2n) is 5.60. The summed E-state index contributed by atoms with van der Waals surface area (Å²) in [5.41, 5.74) is 2.66. The van der Waals surface area contributed by atoms with Crippen molar-refractivity contribution in [1.82, 2.24) is 0 Å². The summed E-state index contributed by atoms with van der Waals surface area (Å²) in [6.07, 6.45) is 0.0464. The van der Waals surface area contributed by atoms with Crippen LogP contribution in [-0.2, 0) is 16.1 Å². The third-order valence-electron chi connectivity index (χ3n) is 3.67. The molecule has 0 N–H and O–H groups in total. The summed E-state index contributed by atoms with van der Waals surface area (Å²) < 4.78 is 10.4. The summed E-state index contributed by atoms with van der Waals surface area (Å²) in [7, 11) is 1.51. The minimum atomic E-state index is -0.456. The third kappa shape index (κ3) is 5.18. The van der Waals surface area contributed by atoms with Crippen molar-refractivity contribution in [2.75, 3.05) is 7.11 Å². The topological polar surface area (TPSA) is 76.4 Å². The highest BCUT2D eigenvalue weighted by atomic mass is 16.5. The quantitative estimate of drug-likeness (QED) is 0.570. The van der Waals surface area contributed by atoms with Crippen molar-refractivity contribution in [3.05, 3.63) is 64.7 Å². The number of esters is 1. The normalized spacial score (nSPS) is 9.96. The van der Waals surface area contributed by atoms with Crippen LogP contribution in [0.15, 0.2) is 42.5 Å². The van der Waals surface area contributed by atoms with Gasteiger partial charge in [0.1, 0.15) is 12.4 Å². The molecular weight excluding hydrogens is 318 g/mol. The van der Waals surface area contributed by atoms with E-state index >= 15 is 0 Å². The molecule has 0 amide bonds. The Morgan fingerprint density at radius 1 is 1.12 bits per heavy atom. The lowest BCUT2D eigenvalue weighted by molar-refractivity contribution is -0.144. The maximum Gasteiger partial charge on any atom is 0.306 e. The number of methoxy groups -OCH3 is 1. The molecule has 0 aliphatic heterocycles. The first-order valence-electron chi connectivity index (χ1n) is 7.86. The smallest absolute Gasteiger partial charge is 0.306 e. The fourth-order valence-corrected chi connectivity index (χ4v) is 2.36. The minimum Gasteiger partial charge on any atom is -0.496 e. The molecule has 0 radical (unpaired) electrons. The minimum absolute atomic E-state index is 0.00608. The molecule has 0 atom stereocenters. The molecule has 0 saturated carbocycles. The molecule has 0 aliphatic rings. The van der Waals surface area contributed by atoms with Gasteiger partial charge in [-0.05, 0) is 36.8 Å². The van der Waals surface area contributed by atoms with Crippen LogP contribution in [0, 0.1) is 18.3 Å². The summed E-state index contributed by atoms with van der Waals surface area (Å²) in [5, 5.41) is 8.85. The van der Waals surface area contributed by atoms with Gasteiger partial charge >= 0.3 is 5.97 Å². The van der Waals surface area contributed by atoms with Gasteiger partial charge in [0.15, 0.2) is 5.78 Å². The number of benzene rings is 2. The number of hydrogen-bond acceptors (Lipinski definition) is 5. The Bertz CT molecular complexity index is 821. The monoisotopic (exact) mass is 337 g/mol. The predicted molar refractivity (Wildman–Crippen MR) is 92.2 cm³/mol. The second kappa shape index (κ2) is 8.65. The van der Waals surface area contributed by atoms with Gasteiger partial charge in [0.25, 0.3) is 0 Å². The molecule has 0 spiro atoms. The van der Waals surface area contributed by atoms with E-state index in [0.717, 1.165) is 11.1 Å². The van der Waals surface area contributed by atoms with Crippen LogP contribution < -0.4 is 4.74 Å². The molecule has 25 heavy (non-hydrogen) atoms. The highest BCUT2D eigenvalue weighted by Gasteiger charge is 2.15. The van der Waals surface area contributed by atoms with Crippen molar-refractivity contribution in [3.8, 4) is 11.8 Å². The second-order valence-corrected chi connectivity index (χ2v) is 5.60. The predicted octanol–water partition coefficient (Wildman–Crippen LogP) is 3.58. The van der Waals surface area contributed by atoms with Crippen LogP contribution in [0.1, 0.15) is 39.9 Å². The van der Waals surface area contributed by atoms with Crippen molar-refractivity contribution in [3.63, 3.8) is 0 Å². The molecule has 0 fully saturated rings. The average molecular weight is 337 g/mol. The van der Waals surface area contributed by atoms with E-state index in [-0.39, 0.29) is 25.2 Å². The molecular formula is C20H19NO4. The Kier molecular flexibility index (Phi) is 6.30. The van der Waals surface area contributed by atoms with E-state index in [1.54, 1.807) is 36.4 Å². The summed E-state index contributed by atoms with van der Waals surface area (Å²) in [6.45, 7) is 1.97. The molecule has 0 aliphatic carbocycles. The summed E-state index contributed by atoms with van der Waals surface area (Å²) >= 11 is 0. The zero-order valence-electron chi connectivity index (χ0n) is 14.2. The summed E-state index contributed by atoms with van der Waals surface area (Å²) in [4.78, 5) is 24.2. The van der Waals surface area contributed by atoms with Gasteiger partial charge < -0.3 is 9.47 Å². The molecule has 5 heteroatoms. The molecule has 2 rings (SSSR count). The number of hydrogen-bond donors (Lipinski definition) is 0. The van der Waals surface area contributed by atoms with Gasteiger partial charge in [0.05, 0.1) is 30.7 Å². The van der Waals surface area contributed by atoms with Gasteiger partial charge in [-0.15, -0.1) is 0 Å². The Morgan fingerprint density at radius 3 is 2.64 bits per heavy atom. The van der Waals surface area contributed by atoms with Gasteiger partial charge in [-0.25, -0.2) is 0 Å². The Balaban J connectivity index is 1.88. The Hall–Kier alpha value is -3.13. The van der Waals surface area contributed by atoms with Gasteiger partial charge in [-0.3, -0.25) is 9.59 Å². The highest BCUT2D eigenvalue weighted by Crippen LogP contribution is 2.21. The van der Waals surface area contributed by atoms with Gasteiger partial charge in [0.2, 0.25) is 0 Å². The molecule has 2 aromatic carbocycles. The van der Waals surface area contributed by atoms with Crippen molar-refractivity contribution in [2.45, 2.75) is 26.4 Å². The zero-order valence-corrected chi connectivity index (χ0v) is 14.2. The van der Waals surface area contributed by atoms with E-state index in [9.17, 15) is 9.59 Å². The number of carbonyl (C=O) groups is 2. The number of carbonyl (C=O) groups excluding carboxylic acids is 2. The molecule has 5 nitrogen and oxygen atoms in total. The summed E-state index contributed by atoms with van der Waals surface area (Å²) in [6, 6.07) is 14.2. The van der Waals surface area contributed by atoms with Crippen LogP contribution in [0.5, 0.6) is 5.75 Å². The van der Waals surface area contributed by atoms with Crippen LogP contribution in [0.3, 0.4) is 0 Å². The SMILES string of the molecule is COc1ccc(C)cc1C(=O)CCC(=O)OCc1cccc(C#N)c1. The molecule has 0 saturated heterocycles. The first-order valence-corrected chi connectivity index (χ1v) is 7.86. The fourth-order valence-electron chi connectivity index (χ4n) is 2.36. The third-order valence-corrected chi connectivity index (χ3v) is 3.67. The summed E-state index contributed by atoms with van der Waals surface area (Å²) in [5.74, 6) is -0.122. The molecule has 2 aromatic rings. The Morgan fingerprint density at radius 2 is 1.92 bits per heavy atom. The Labute approximate surface area is 146 Å². The number of nitriles is 1. The number of rotatable bonds is 7. The van der Waals surface area contributed by atoms with Crippen molar-refractivity contribution in [2.24, 2.45) is 0 Å². The van der Waals surface area contributed by atoms with E-state index in [1.165, 1.54) is 7.11 Å². The number of aryl methyl sites for hydroxylation is 1. The molecule has 0 aromatic heterocycles. The molecule has 128 valence electrons. The maximum absolute atomic E-state index is 12.3. The largest absolute Gasteiger partial charge is 0.496 e. The lowest BCUT2D eigenvalue weighted by Gasteiger charge is -2.09. The zero-order chi connectivity index (χ0) is 18.2. The van der Waals surface area contributed by atoms with Crippen molar-refractivity contribution in [1.29, 1.82) is 5.26 Å². The van der Waals surface area contributed by atoms with Crippen LogP contribution in [0.25, 0.3) is 0 Å². The van der Waals surface area contributed by atoms with Crippen molar-refractivity contribution >= 4 is 11.8 Å². The van der Waals surface area contributed by atoms with E-state index in [0.29, 0.717) is 16.9 Å². The van der Waals surface area contributed by atoms with Crippen LogP contribution in [0.4, 0.5) is 0 Å². The highest BCUT2D eigenvalue weighted by molar-refractivity contribution is 6.00. The number of Topliss-reactive ketones (excluding diaryl/α,β-unsaturated/α-hetero) is 1. The molecule has 0 heterocycles. The first-order chi connectivity index (χ1) is 12.0. The van der Waals surface area contributed by atoms with E-state index < -0.39 is 5.97 Å².